The number of aromatic nitrogens is 7. The van der Waals surface area contributed by atoms with Gasteiger partial charge in [-0.25, -0.2) is 19.3 Å². The van der Waals surface area contributed by atoms with Crippen LogP contribution in [-0.2, 0) is 6.54 Å². The summed E-state index contributed by atoms with van der Waals surface area (Å²) in [7, 11) is 0. The molecule has 0 aliphatic heterocycles. The molecular formula is C17H16FN7O. The Morgan fingerprint density at radius 1 is 1.19 bits per heavy atom. The molecule has 26 heavy (non-hydrogen) atoms. The van der Waals surface area contributed by atoms with E-state index in [4.69, 9.17) is 0 Å². The Morgan fingerprint density at radius 3 is 2.81 bits per heavy atom. The lowest BCUT2D eigenvalue weighted by atomic mass is 10.1. The molecule has 132 valence electrons. The van der Waals surface area contributed by atoms with Crippen LogP contribution in [0.15, 0.2) is 37.1 Å². The molecule has 0 bridgehead atoms. The first-order chi connectivity index (χ1) is 12.6. The van der Waals surface area contributed by atoms with Gasteiger partial charge in [-0.2, -0.15) is 0 Å². The number of halogens is 1. The van der Waals surface area contributed by atoms with Crippen LogP contribution in [0.5, 0.6) is 0 Å². The van der Waals surface area contributed by atoms with Gasteiger partial charge in [0.05, 0.1) is 18.3 Å². The number of rotatable bonds is 4. The molecule has 0 saturated heterocycles. The number of hydrogen-bond acceptors (Lipinski definition) is 6. The van der Waals surface area contributed by atoms with Crippen molar-refractivity contribution in [2.45, 2.75) is 26.5 Å². The standard InChI is InChI=1S/C17H16FN7O/c1-10(26)14-13(21-9-25-11(2)22-23-16(14)25)8-24-7-6-20-17(24)15-12(18)4-3-5-19-15/h3-7,9-10,26H,8H2,1-2H3. The number of pyridine rings is 1. The Kier molecular flexibility index (Phi) is 3.92. The van der Waals surface area contributed by atoms with Gasteiger partial charge in [-0.3, -0.25) is 4.40 Å². The molecule has 0 radical (unpaired) electrons. The van der Waals surface area contributed by atoms with Crippen LogP contribution in [0.3, 0.4) is 0 Å². The van der Waals surface area contributed by atoms with Crippen LogP contribution in [-0.4, -0.2) is 39.2 Å². The fourth-order valence-electron chi connectivity index (χ4n) is 2.94. The van der Waals surface area contributed by atoms with Crippen molar-refractivity contribution in [1.82, 2.24) is 34.1 Å². The summed E-state index contributed by atoms with van der Waals surface area (Å²) in [6, 6.07) is 2.87. The van der Waals surface area contributed by atoms with E-state index in [1.807, 2.05) is 6.92 Å². The SMILES string of the molecule is Cc1nnc2c(C(C)O)c(Cn3ccnc3-c3ncccc3F)ncn12. The average Bonchev–Trinajstić information content (AvgIpc) is 3.22. The summed E-state index contributed by atoms with van der Waals surface area (Å²) in [5, 5.41) is 18.4. The largest absolute Gasteiger partial charge is 0.388 e. The van der Waals surface area contributed by atoms with Crippen molar-refractivity contribution in [3.8, 4) is 11.5 Å². The van der Waals surface area contributed by atoms with Crippen LogP contribution >= 0.6 is 0 Å². The van der Waals surface area contributed by atoms with Crippen molar-refractivity contribution < 1.29 is 9.50 Å². The average molecular weight is 353 g/mol. The lowest BCUT2D eigenvalue weighted by Gasteiger charge is -2.14. The number of aliphatic hydroxyl groups is 1. The Labute approximate surface area is 148 Å². The molecule has 4 aromatic heterocycles. The predicted molar refractivity (Wildman–Crippen MR) is 90.7 cm³/mol. The van der Waals surface area contributed by atoms with Crippen LogP contribution in [0.1, 0.15) is 30.1 Å². The summed E-state index contributed by atoms with van der Waals surface area (Å²) < 4.78 is 17.6. The van der Waals surface area contributed by atoms with Gasteiger partial charge >= 0.3 is 0 Å². The van der Waals surface area contributed by atoms with E-state index in [0.717, 1.165) is 0 Å². The Balaban J connectivity index is 1.81. The molecule has 0 aliphatic carbocycles. The van der Waals surface area contributed by atoms with Crippen molar-refractivity contribution >= 4 is 5.65 Å². The molecule has 9 heteroatoms. The van der Waals surface area contributed by atoms with Crippen molar-refractivity contribution in [2.24, 2.45) is 0 Å². The van der Waals surface area contributed by atoms with E-state index in [2.05, 4.69) is 25.1 Å². The zero-order valence-corrected chi connectivity index (χ0v) is 14.2. The minimum Gasteiger partial charge on any atom is -0.388 e. The quantitative estimate of drug-likeness (QED) is 0.602. The number of nitrogens with zero attached hydrogens (tertiary/aromatic N) is 7. The zero-order valence-electron chi connectivity index (χ0n) is 14.2. The third kappa shape index (κ3) is 2.62. The highest BCUT2D eigenvalue weighted by molar-refractivity contribution is 5.53. The van der Waals surface area contributed by atoms with E-state index in [1.165, 1.54) is 18.3 Å². The van der Waals surface area contributed by atoms with E-state index in [-0.39, 0.29) is 12.2 Å². The first-order valence-electron chi connectivity index (χ1n) is 8.05. The number of aryl methyl sites for hydroxylation is 1. The molecule has 0 amide bonds. The molecular weight excluding hydrogens is 337 g/mol. The molecule has 4 rings (SSSR count). The van der Waals surface area contributed by atoms with Gasteiger partial charge in [-0.15, -0.1) is 10.2 Å². The minimum absolute atomic E-state index is 0.162. The van der Waals surface area contributed by atoms with E-state index in [1.54, 1.807) is 34.6 Å². The van der Waals surface area contributed by atoms with Crippen LogP contribution < -0.4 is 0 Å². The van der Waals surface area contributed by atoms with Gasteiger partial charge in [0, 0.05) is 24.2 Å². The number of aliphatic hydroxyl groups excluding tert-OH is 1. The summed E-state index contributed by atoms with van der Waals surface area (Å²) in [6.07, 6.45) is 5.64. The van der Waals surface area contributed by atoms with Gasteiger partial charge in [-0.1, -0.05) is 0 Å². The zero-order chi connectivity index (χ0) is 18.3. The maximum Gasteiger partial charge on any atom is 0.169 e. The first kappa shape index (κ1) is 16.3. The molecule has 4 heterocycles. The van der Waals surface area contributed by atoms with Gasteiger partial charge < -0.3 is 9.67 Å². The number of hydrogen-bond donors (Lipinski definition) is 1. The lowest BCUT2D eigenvalue weighted by Crippen LogP contribution is -2.11. The smallest absolute Gasteiger partial charge is 0.169 e. The van der Waals surface area contributed by atoms with E-state index in [9.17, 15) is 9.50 Å². The van der Waals surface area contributed by atoms with Crippen molar-refractivity contribution in [3.63, 3.8) is 0 Å². The van der Waals surface area contributed by atoms with Gasteiger partial charge in [0.15, 0.2) is 17.3 Å². The second-order valence-electron chi connectivity index (χ2n) is 5.93. The summed E-state index contributed by atoms with van der Waals surface area (Å²) >= 11 is 0. The molecule has 0 spiro atoms. The molecule has 4 aromatic rings. The monoisotopic (exact) mass is 353 g/mol. The van der Waals surface area contributed by atoms with Crippen LogP contribution in [0.4, 0.5) is 4.39 Å². The Bertz CT molecular complexity index is 1090. The molecule has 1 N–H and O–H groups in total. The van der Waals surface area contributed by atoms with Gasteiger partial charge in [0.2, 0.25) is 0 Å². The van der Waals surface area contributed by atoms with Crippen LogP contribution in [0, 0.1) is 12.7 Å². The molecule has 0 fully saturated rings. The van der Waals surface area contributed by atoms with E-state index < -0.39 is 11.9 Å². The molecule has 1 unspecified atom stereocenters. The second kappa shape index (κ2) is 6.26. The molecule has 1 atom stereocenters. The van der Waals surface area contributed by atoms with Crippen molar-refractivity contribution in [2.75, 3.05) is 0 Å². The fraction of sp³-hybridized carbons (Fsp3) is 0.235. The molecule has 0 aromatic carbocycles. The normalized spacial score (nSPS) is 12.6. The lowest BCUT2D eigenvalue weighted by molar-refractivity contribution is 0.198. The third-order valence-corrected chi connectivity index (χ3v) is 4.17. The second-order valence-corrected chi connectivity index (χ2v) is 5.93. The van der Waals surface area contributed by atoms with Crippen molar-refractivity contribution in [3.05, 3.63) is 59.9 Å². The van der Waals surface area contributed by atoms with Gasteiger partial charge in [0.1, 0.15) is 17.8 Å². The minimum atomic E-state index is -0.789. The topological polar surface area (TPSA) is 94.0 Å². The third-order valence-electron chi connectivity index (χ3n) is 4.17. The maximum absolute atomic E-state index is 14.1. The molecule has 0 aliphatic rings. The van der Waals surface area contributed by atoms with E-state index >= 15 is 0 Å². The predicted octanol–water partition coefficient (Wildman–Crippen LogP) is 1.93. The van der Waals surface area contributed by atoms with Gasteiger partial charge in [-0.05, 0) is 26.0 Å². The highest BCUT2D eigenvalue weighted by Crippen LogP contribution is 2.24. The number of imidazole rings is 1. The summed E-state index contributed by atoms with van der Waals surface area (Å²) in [5.41, 5.74) is 1.90. The Morgan fingerprint density at radius 2 is 2.04 bits per heavy atom. The van der Waals surface area contributed by atoms with Gasteiger partial charge in [0.25, 0.3) is 0 Å². The molecule has 0 saturated carbocycles. The van der Waals surface area contributed by atoms with Crippen LogP contribution in [0.25, 0.3) is 17.2 Å². The maximum atomic E-state index is 14.1. The molecule has 8 nitrogen and oxygen atoms in total. The van der Waals surface area contributed by atoms with E-state index in [0.29, 0.717) is 28.6 Å². The number of fused-ring (bicyclic) bond motifs is 1. The summed E-state index contributed by atoms with van der Waals surface area (Å²) in [4.78, 5) is 12.8. The highest BCUT2D eigenvalue weighted by Gasteiger charge is 2.20. The van der Waals surface area contributed by atoms with Crippen molar-refractivity contribution in [1.29, 1.82) is 0 Å². The summed E-state index contributed by atoms with van der Waals surface area (Å²) in [5.74, 6) is 0.617. The van der Waals surface area contributed by atoms with Crippen LogP contribution in [0.2, 0.25) is 0 Å². The Hall–Kier alpha value is -3.20. The highest BCUT2D eigenvalue weighted by atomic mass is 19.1. The summed E-state index contributed by atoms with van der Waals surface area (Å²) in [6.45, 7) is 3.75. The first-order valence-corrected chi connectivity index (χ1v) is 8.05. The fourth-order valence-corrected chi connectivity index (χ4v) is 2.94.